The average molecular weight is 341 g/mol. The highest BCUT2D eigenvalue weighted by atomic mass is 32.2. The topological polar surface area (TPSA) is 79.7 Å². The SMILES string of the molecule is CC1CCN(C(=O)Cn2cc(S(=O)(=O)N(C)C)ccc2=O)CC1. The van der Waals surface area contributed by atoms with Gasteiger partial charge in [-0.3, -0.25) is 9.59 Å². The van der Waals surface area contributed by atoms with E-state index in [1.54, 1.807) is 4.90 Å². The van der Waals surface area contributed by atoms with Crippen molar-refractivity contribution in [3.05, 3.63) is 28.7 Å². The van der Waals surface area contributed by atoms with Crippen LogP contribution in [0.25, 0.3) is 0 Å². The van der Waals surface area contributed by atoms with E-state index >= 15 is 0 Å². The van der Waals surface area contributed by atoms with Crippen LogP contribution in [0.3, 0.4) is 0 Å². The zero-order chi connectivity index (χ0) is 17.2. The van der Waals surface area contributed by atoms with Crippen molar-refractivity contribution in [2.24, 2.45) is 5.92 Å². The van der Waals surface area contributed by atoms with Gasteiger partial charge in [-0.15, -0.1) is 0 Å². The fourth-order valence-electron chi connectivity index (χ4n) is 2.50. The normalized spacial score (nSPS) is 16.8. The van der Waals surface area contributed by atoms with Gasteiger partial charge >= 0.3 is 0 Å². The van der Waals surface area contributed by atoms with Crippen LogP contribution in [0.15, 0.2) is 28.0 Å². The van der Waals surface area contributed by atoms with Gasteiger partial charge in [-0.1, -0.05) is 6.92 Å². The van der Waals surface area contributed by atoms with Gasteiger partial charge in [0, 0.05) is 39.4 Å². The summed E-state index contributed by atoms with van der Waals surface area (Å²) in [6, 6.07) is 2.45. The second-order valence-electron chi connectivity index (χ2n) is 6.18. The summed E-state index contributed by atoms with van der Waals surface area (Å²) < 4.78 is 26.5. The van der Waals surface area contributed by atoms with Crippen molar-refractivity contribution in [3.8, 4) is 0 Å². The van der Waals surface area contributed by atoms with Crippen molar-refractivity contribution in [1.82, 2.24) is 13.8 Å². The summed E-state index contributed by atoms with van der Waals surface area (Å²) >= 11 is 0. The Balaban J connectivity index is 2.20. The van der Waals surface area contributed by atoms with E-state index in [-0.39, 0.29) is 22.9 Å². The predicted molar refractivity (Wildman–Crippen MR) is 86.6 cm³/mol. The summed E-state index contributed by atoms with van der Waals surface area (Å²) in [5.74, 6) is 0.453. The highest BCUT2D eigenvalue weighted by molar-refractivity contribution is 7.89. The number of sulfonamides is 1. The van der Waals surface area contributed by atoms with Crippen molar-refractivity contribution < 1.29 is 13.2 Å². The molecule has 0 bridgehead atoms. The van der Waals surface area contributed by atoms with Gasteiger partial charge in [0.05, 0.1) is 4.90 Å². The van der Waals surface area contributed by atoms with Crippen LogP contribution in [-0.4, -0.2) is 55.3 Å². The maximum Gasteiger partial charge on any atom is 0.251 e. The van der Waals surface area contributed by atoms with Crippen LogP contribution in [-0.2, 0) is 21.4 Å². The molecule has 2 rings (SSSR count). The molecule has 0 aliphatic carbocycles. The largest absolute Gasteiger partial charge is 0.341 e. The second-order valence-corrected chi connectivity index (χ2v) is 8.33. The van der Waals surface area contributed by atoms with Crippen molar-refractivity contribution >= 4 is 15.9 Å². The van der Waals surface area contributed by atoms with Gasteiger partial charge < -0.3 is 9.47 Å². The average Bonchev–Trinajstić information content (AvgIpc) is 2.49. The first-order valence-electron chi connectivity index (χ1n) is 7.62. The minimum Gasteiger partial charge on any atom is -0.341 e. The van der Waals surface area contributed by atoms with Gasteiger partial charge in [0.15, 0.2) is 0 Å². The lowest BCUT2D eigenvalue weighted by molar-refractivity contribution is -0.133. The molecule has 0 spiro atoms. The molecular formula is C15H23N3O4S. The second kappa shape index (κ2) is 6.84. The van der Waals surface area contributed by atoms with Gasteiger partial charge in [0.25, 0.3) is 5.56 Å². The number of aromatic nitrogens is 1. The molecule has 1 saturated heterocycles. The molecule has 1 fully saturated rings. The molecule has 1 aromatic heterocycles. The first-order valence-corrected chi connectivity index (χ1v) is 9.06. The molecule has 8 heteroatoms. The summed E-state index contributed by atoms with van der Waals surface area (Å²) in [6.45, 7) is 3.39. The van der Waals surface area contributed by atoms with Crippen LogP contribution in [0.1, 0.15) is 19.8 Å². The molecule has 1 aliphatic rings. The van der Waals surface area contributed by atoms with Gasteiger partial charge in [0.1, 0.15) is 6.54 Å². The first kappa shape index (κ1) is 17.7. The maximum absolute atomic E-state index is 12.3. The van der Waals surface area contributed by atoms with Crippen molar-refractivity contribution in [2.75, 3.05) is 27.2 Å². The third kappa shape index (κ3) is 4.00. The molecule has 1 aliphatic heterocycles. The van der Waals surface area contributed by atoms with E-state index in [9.17, 15) is 18.0 Å². The van der Waals surface area contributed by atoms with Crippen LogP contribution < -0.4 is 5.56 Å². The standard InChI is InChI=1S/C15H23N3O4S/c1-12-6-8-17(9-7-12)15(20)11-18-10-13(4-5-14(18)19)23(21,22)16(2)3/h4-5,10,12H,6-9,11H2,1-3H3. The summed E-state index contributed by atoms with van der Waals surface area (Å²) in [7, 11) is -0.792. The monoisotopic (exact) mass is 341 g/mol. The molecule has 0 aromatic carbocycles. The maximum atomic E-state index is 12.3. The van der Waals surface area contributed by atoms with E-state index in [2.05, 4.69) is 6.92 Å². The quantitative estimate of drug-likeness (QED) is 0.792. The number of carbonyl (C=O) groups excluding carboxylic acids is 1. The van der Waals surface area contributed by atoms with Crippen molar-refractivity contribution in [3.63, 3.8) is 0 Å². The molecule has 0 saturated carbocycles. The fraction of sp³-hybridized carbons (Fsp3) is 0.600. The van der Waals surface area contributed by atoms with Gasteiger partial charge in [0.2, 0.25) is 15.9 Å². The number of piperidine rings is 1. The number of amides is 1. The minimum atomic E-state index is -3.64. The number of likely N-dealkylation sites (tertiary alicyclic amines) is 1. The molecule has 128 valence electrons. The molecule has 23 heavy (non-hydrogen) atoms. The summed E-state index contributed by atoms with van der Waals surface area (Å²) in [6.07, 6.45) is 3.15. The molecule has 0 atom stereocenters. The van der Waals surface area contributed by atoms with Gasteiger partial charge in [-0.25, -0.2) is 12.7 Å². The molecule has 7 nitrogen and oxygen atoms in total. The first-order chi connectivity index (χ1) is 10.7. The summed E-state index contributed by atoms with van der Waals surface area (Å²) in [5.41, 5.74) is -0.388. The minimum absolute atomic E-state index is 0.00201. The summed E-state index contributed by atoms with van der Waals surface area (Å²) in [5, 5.41) is 0. The predicted octanol–water partition coefficient (Wildman–Crippen LogP) is 0.357. The molecule has 0 N–H and O–H groups in total. The Bertz CT molecular complexity index is 731. The fourth-order valence-corrected chi connectivity index (χ4v) is 3.42. The number of hydrogen-bond donors (Lipinski definition) is 0. The van der Waals surface area contributed by atoms with E-state index in [4.69, 9.17) is 0 Å². The van der Waals surface area contributed by atoms with Crippen molar-refractivity contribution in [2.45, 2.75) is 31.2 Å². The zero-order valence-electron chi connectivity index (χ0n) is 13.7. The number of pyridine rings is 1. The Morgan fingerprint density at radius 2 is 1.87 bits per heavy atom. The lowest BCUT2D eigenvalue weighted by Gasteiger charge is -2.30. The third-order valence-electron chi connectivity index (χ3n) is 4.18. The van der Waals surface area contributed by atoms with E-state index in [1.165, 1.54) is 32.4 Å². The Morgan fingerprint density at radius 1 is 1.26 bits per heavy atom. The Labute approximate surface area is 136 Å². The van der Waals surface area contributed by atoms with E-state index < -0.39 is 10.0 Å². The molecule has 2 heterocycles. The van der Waals surface area contributed by atoms with Gasteiger partial charge in [-0.05, 0) is 24.8 Å². The Kier molecular flexibility index (Phi) is 5.26. The molecule has 1 amide bonds. The lowest BCUT2D eigenvalue weighted by atomic mass is 9.99. The smallest absolute Gasteiger partial charge is 0.251 e. The van der Waals surface area contributed by atoms with Crippen LogP contribution in [0, 0.1) is 5.92 Å². The van der Waals surface area contributed by atoms with Gasteiger partial charge in [-0.2, -0.15) is 0 Å². The van der Waals surface area contributed by atoms with Crippen LogP contribution in [0.5, 0.6) is 0 Å². The Hall–Kier alpha value is -1.67. The highest BCUT2D eigenvalue weighted by Crippen LogP contribution is 2.16. The number of rotatable bonds is 4. The van der Waals surface area contributed by atoms with E-state index in [0.29, 0.717) is 19.0 Å². The highest BCUT2D eigenvalue weighted by Gasteiger charge is 2.22. The molecular weight excluding hydrogens is 318 g/mol. The van der Waals surface area contributed by atoms with Crippen LogP contribution in [0.2, 0.25) is 0 Å². The number of hydrogen-bond acceptors (Lipinski definition) is 4. The summed E-state index contributed by atoms with van der Waals surface area (Å²) in [4.78, 5) is 26.0. The van der Waals surface area contributed by atoms with E-state index in [1.807, 2.05) is 0 Å². The zero-order valence-corrected chi connectivity index (χ0v) is 14.5. The molecule has 1 aromatic rings. The van der Waals surface area contributed by atoms with Crippen LogP contribution >= 0.6 is 0 Å². The lowest BCUT2D eigenvalue weighted by Crippen LogP contribution is -2.41. The Morgan fingerprint density at radius 3 is 2.43 bits per heavy atom. The molecule has 0 unspecified atom stereocenters. The number of carbonyl (C=O) groups is 1. The van der Waals surface area contributed by atoms with Crippen LogP contribution in [0.4, 0.5) is 0 Å². The third-order valence-corrected chi connectivity index (χ3v) is 5.98. The van der Waals surface area contributed by atoms with Crippen molar-refractivity contribution in [1.29, 1.82) is 0 Å². The number of nitrogens with zero attached hydrogens (tertiary/aromatic N) is 3. The molecule has 0 radical (unpaired) electrons. The van der Waals surface area contributed by atoms with E-state index in [0.717, 1.165) is 21.7 Å².